The van der Waals surface area contributed by atoms with Gasteiger partial charge >= 0.3 is 0 Å². The monoisotopic (exact) mass is 571 g/mol. The maximum absolute atomic E-state index is 13.3. The van der Waals surface area contributed by atoms with Crippen molar-refractivity contribution in [2.75, 3.05) is 32.8 Å². The molecular formula is C33H41N5O4. The maximum Gasteiger partial charge on any atom is 0.260 e. The first-order valence-electron chi connectivity index (χ1n) is 15.5. The molecule has 1 spiro atoms. The molecule has 0 bridgehead atoms. The molecule has 0 radical (unpaired) electrons. The largest absolute Gasteiger partial charge is 0.493 e. The number of rotatable bonds is 5. The van der Waals surface area contributed by atoms with Gasteiger partial charge in [0.1, 0.15) is 23.7 Å². The maximum atomic E-state index is 13.3. The van der Waals surface area contributed by atoms with Gasteiger partial charge in [-0.3, -0.25) is 14.2 Å². The standard InChI is InChI=1S/C33H41N5O4/c39-30-13-7-21-41-28-11-3-1-8-25(28)9-5-6-16-33(23-34-30)17-19-37(20-18-33)31(40)22-42-29-12-4-2-10-27(29)38-24-35-36-32(38)26-14-15-26/h1-4,8,10-12,24,26H,5-7,9,13-23H2,(H,34,39). The molecule has 222 valence electrons. The van der Waals surface area contributed by atoms with E-state index in [-0.39, 0.29) is 23.8 Å². The van der Waals surface area contributed by atoms with Crippen LogP contribution < -0.4 is 14.8 Å². The van der Waals surface area contributed by atoms with Gasteiger partial charge in [-0.1, -0.05) is 36.8 Å². The first-order valence-corrected chi connectivity index (χ1v) is 15.5. The van der Waals surface area contributed by atoms with Crippen LogP contribution in [0, 0.1) is 5.41 Å². The summed E-state index contributed by atoms with van der Waals surface area (Å²) in [6, 6.07) is 16.0. The number of para-hydroxylation sites is 3. The lowest BCUT2D eigenvalue weighted by Gasteiger charge is -2.42. The number of hydrogen-bond acceptors (Lipinski definition) is 6. The zero-order valence-corrected chi connectivity index (χ0v) is 24.3. The van der Waals surface area contributed by atoms with E-state index in [1.54, 1.807) is 6.33 Å². The summed E-state index contributed by atoms with van der Waals surface area (Å²) in [5.74, 6) is 3.06. The Bertz CT molecular complexity index is 1380. The van der Waals surface area contributed by atoms with Crippen molar-refractivity contribution < 1.29 is 19.1 Å². The number of likely N-dealkylation sites (tertiary alicyclic amines) is 1. The van der Waals surface area contributed by atoms with Crippen LogP contribution in [-0.4, -0.2) is 64.3 Å². The first kappa shape index (κ1) is 28.2. The molecule has 2 fully saturated rings. The summed E-state index contributed by atoms with van der Waals surface area (Å²) in [7, 11) is 0. The third kappa shape index (κ3) is 6.77. The van der Waals surface area contributed by atoms with Crippen LogP contribution in [0.3, 0.4) is 0 Å². The average molecular weight is 572 g/mol. The van der Waals surface area contributed by atoms with E-state index in [9.17, 15) is 9.59 Å². The van der Waals surface area contributed by atoms with Crippen LogP contribution in [0.5, 0.6) is 11.5 Å². The van der Waals surface area contributed by atoms with Gasteiger partial charge in [0, 0.05) is 32.0 Å². The predicted octanol–water partition coefficient (Wildman–Crippen LogP) is 4.83. The predicted molar refractivity (Wildman–Crippen MR) is 159 cm³/mol. The number of ether oxygens (including phenoxy) is 2. The number of aromatic nitrogens is 3. The molecular weight excluding hydrogens is 530 g/mol. The van der Waals surface area contributed by atoms with E-state index >= 15 is 0 Å². The van der Waals surface area contributed by atoms with E-state index in [0.29, 0.717) is 50.8 Å². The number of nitrogens with zero attached hydrogens (tertiary/aromatic N) is 4. The second-order valence-electron chi connectivity index (χ2n) is 12.0. The van der Waals surface area contributed by atoms with Crippen molar-refractivity contribution >= 4 is 11.8 Å². The van der Waals surface area contributed by atoms with E-state index in [1.165, 1.54) is 5.56 Å². The number of aryl methyl sites for hydroxylation is 1. The second-order valence-corrected chi connectivity index (χ2v) is 12.0. The number of carbonyl (C=O) groups is 2. The van der Waals surface area contributed by atoms with Crippen molar-refractivity contribution in [3.05, 3.63) is 66.2 Å². The minimum atomic E-state index is -0.0108. The minimum absolute atomic E-state index is 0.00707. The summed E-state index contributed by atoms with van der Waals surface area (Å²) in [5.41, 5.74) is 2.11. The second kappa shape index (κ2) is 13.0. The van der Waals surface area contributed by atoms with Gasteiger partial charge in [-0.25, -0.2) is 0 Å². The summed E-state index contributed by atoms with van der Waals surface area (Å²) in [5, 5.41) is 11.6. The van der Waals surface area contributed by atoms with Crippen molar-refractivity contribution in [3.8, 4) is 17.2 Å². The Morgan fingerprint density at radius 1 is 1.00 bits per heavy atom. The Balaban J connectivity index is 1.05. The van der Waals surface area contributed by atoms with Gasteiger partial charge in [-0.05, 0) is 80.5 Å². The number of carbonyl (C=O) groups excluding carboxylic acids is 2. The van der Waals surface area contributed by atoms with Crippen LogP contribution in [0.2, 0.25) is 0 Å². The quantitative estimate of drug-likeness (QED) is 0.471. The summed E-state index contributed by atoms with van der Waals surface area (Å²) in [6.07, 6.45) is 11.0. The minimum Gasteiger partial charge on any atom is -0.493 e. The number of hydrogen-bond donors (Lipinski definition) is 1. The number of nitrogens with one attached hydrogen (secondary N) is 1. The number of piperidine rings is 1. The van der Waals surface area contributed by atoms with Crippen LogP contribution in [0.1, 0.15) is 75.1 Å². The average Bonchev–Trinajstić information content (AvgIpc) is 3.76. The van der Waals surface area contributed by atoms with Gasteiger partial charge < -0.3 is 19.7 Å². The molecule has 1 saturated carbocycles. The van der Waals surface area contributed by atoms with E-state index in [1.807, 2.05) is 45.9 Å². The molecule has 2 amide bonds. The molecule has 1 aliphatic carbocycles. The first-order chi connectivity index (χ1) is 20.6. The highest BCUT2D eigenvalue weighted by atomic mass is 16.5. The van der Waals surface area contributed by atoms with E-state index in [0.717, 1.165) is 68.6 Å². The van der Waals surface area contributed by atoms with Crippen molar-refractivity contribution in [1.82, 2.24) is 25.0 Å². The third-order valence-electron chi connectivity index (χ3n) is 9.01. The van der Waals surface area contributed by atoms with Gasteiger partial charge in [0.15, 0.2) is 6.61 Å². The Hall–Kier alpha value is -3.88. The van der Waals surface area contributed by atoms with Crippen LogP contribution in [0.15, 0.2) is 54.9 Å². The molecule has 3 aliphatic rings. The molecule has 1 aromatic heterocycles. The normalized spacial score (nSPS) is 19.7. The van der Waals surface area contributed by atoms with E-state index < -0.39 is 0 Å². The lowest BCUT2D eigenvalue weighted by Crippen LogP contribution is -2.49. The Kier molecular flexibility index (Phi) is 8.72. The van der Waals surface area contributed by atoms with Crippen molar-refractivity contribution in [3.63, 3.8) is 0 Å². The molecule has 2 aliphatic heterocycles. The van der Waals surface area contributed by atoms with Crippen molar-refractivity contribution in [2.24, 2.45) is 5.41 Å². The topological polar surface area (TPSA) is 98.6 Å². The Labute approximate surface area is 247 Å². The van der Waals surface area contributed by atoms with Gasteiger partial charge in [-0.2, -0.15) is 0 Å². The van der Waals surface area contributed by atoms with E-state index in [2.05, 4.69) is 27.6 Å². The molecule has 3 heterocycles. The Morgan fingerprint density at radius 3 is 2.67 bits per heavy atom. The molecule has 42 heavy (non-hydrogen) atoms. The van der Waals surface area contributed by atoms with Gasteiger partial charge in [0.05, 0.1) is 12.3 Å². The fourth-order valence-corrected chi connectivity index (χ4v) is 6.26. The summed E-state index contributed by atoms with van der Waals surface area (Å²) < 4.78 is 14.1. The highest BCUT2D eigenvalue weighted by molar-refractivity contribution is 5.78. The lowest BCUT2D eigenvalue weighted by atomic mass is 9.74. The zero-order chi connectivity index (χ0) is 28.8. The Morgan fingerprint density at radius 2 is 1.81 bits per heavy atom. The molecule has 3 aromatic rings. The smallest absolute Gasteiger partial charge is 0.260 e. The van der Waals surface area contributed by atoms with Crippen LogP contribution >= 0.6 is 0 Å². The molecule has 9 heteroatoms. The lowest BCUT2D eigenvalue weighted by molar-refractivity contribution is -0.136. The fraction of sp³-hybridized carbons (Fsp3) is 0.515. The molecule has 0 unspecified atom stereocenters. The van der Waals surface area contributed by atoms with Crippen LogP contribution in [0.25, 0.3) is 5.69 Å². The third-order valence-corrected chi connectivity index (χ3v) is 9.01. The van der Waals surface area contributed by atoms with Crippen molar-refractivity contribution in [1.29, 1.82) is 0 Å². The number of amides is 2. The van der Waals surface area contributed by atoms with Gasteiger partial charge in [0.25, 0.3) is 5.91 Å². The summed E-state index contributed by atoms with van der Waals surface area (Å²) in [4.78, 5) is 27.8. The van der Waals surface area contributed by atoms with Crippen molar-refractivity contribution in [2.45, 2.75) is 70.1 Å². The highest BCUT2D eigenvalue weighted by Gasteiger charge is 2.36. The van der Waals surface area contributed by atoms with Crippen LogP contribution in [0.4, 0.5) is 0 Å². The van der Waals surface area contributed by atoms with Gasteiger partial charge in [-0.15, -0.1) is 10.2 Å². The summed E-state index contributed by atoms with van der Waals surface area (Å²) >= 11 is 0. The molecule has 9 nitrogen and oxygen atoms in total. The fourth-order valence-electron chi connectivity index (χ4n) is 6.26. The number of benzene rings is 2. The van der Waals surface area contributed by atoms with E-state index in [4.69, 9.17) is 9.47 Å². The molecule has 1 N–H and O–H groups in total. The summed E-state index contributed by atoms with van der Waals surface area (Å²) in [6.45, 7) is 2.54. The molecule has 6 rings (SSSR count). The van der Waals surface area contributed by atoms with Crippen LogP contribution in [-0.2, 0) is 16.0 Å². The molecule has 1 saturated heterocycles. The number of fused-ring (bicyclic) bond motifs is 1. The molecule has 0 atom stereocenters. The SMILES string of the molecule is O=C1CCCOc2ccccc2CCCCC2(CCN(C(=O)COc3ccccc3-n3cnnc3C3CC3)CC2)CN1. The van der Waals surface area contributed by atoms with Gasteiger partial charge in [0.2, 0.25) is 5.91 Å². The molecule has 2 aromatic carbocycles. The highest BCUT2D eigenvalue weighted by Crippen LogP contribution is 2.40. The zero-order valence-electron chi connectivity index (χ0n) is 24.3.